The summed E-state index contributed by atoms with van der Waals surface area (Å²) < 4.78 is 0. The van der Waals surface area contributed by atoms with Gasteiger partial charge in [0.2, 0.25) is 0 Å². The van der Waals surface area contributed by atoms with Crippen LogP contribution in [0, 0.1) is 5.92 Å². The minimum atomic E-state index is -0.532. The smallest absolute Gasteiger partial charge is 0.132 e. The lowest BCUT2D eigenvalue weighted by Gasteiger charge is -2.14. The summed E-state index contributed by atoms with van der Waals surface area (Å²) in [5.74, 6) is 0.0465. The van der Waals surface area contributed by atoms with E-state index in [0.29, 0.717) is 6.42 Å². The first-order valence-corrected chi connectivity index (χ1v) is 4.84. The SMILES string of the molecule is CC(=O)C(C)CC(O)c1ccccc1. The highest BCUT2D eigenvalue weighted by atomic mass is 16.3. The Bertz CT molecular complexity index is 292. The standard InChI is InChI=1S/C12H16O2/c1-9(10(2)13)8-12(14)11-6-4-3-5-7-11/h3-7,9,12,14H,8H2,1-2H3. The van der Waals surface area contributed by atoms with Gasteiger partial charge in [-0.05, 0) is 18.9 Å². The van der Waals surface area contributed by atoms with Crippen LogP contribution in [-0.4, -0.2) is 10.9 Å². The quantitative estimate of drug-likeness (QED) is 0.795. The van der Waals surface area contributed by atoms with Crippen molar-refractivity contribution in [2.75, 3.05) is 0 Å². The summed E-state index contributed by atoms with van der Waals surface area (Å²) in [4.78, 5) is 11.0. The Balaban J connectivity index is 2.59. The molecule has 2 unspecified atom stereocenters. The van der Waals surface area contributed by atoms with E-state index in [1.807, 2.05) is 37.3 Å². The van der Waals surface area contributed by atoms with E-state index in [9.17, 15) is 9.90 Å². The Kier molecular flexibility index (Phi) is 3.84. The van der Waals surface area contributed by atoms with Gasteiger partial charge >= 0.3 is 0 Å². The third-order valence-electron chi connectivity index (χ3n) is 2.46. The molecule has 1 aromatic carbocycles. The van der Waals surface area contributed by atoms with Gasteiger partial charge in [0.25, 0.3) is 0 Å². The number of rotatable bonds is 4. The fourth-order valence-electron chi connectivity index (χ4n) is 1.31. The van der Waals surface area contributed by atoms with Crippen LogP contribution in [0.1, 0.15) is 31.9 Å². The molecule has 2 nitrogen and oxygen atoms in total. The van der Waals surface area contributed by atoms with Crippen LogP contribution in [-0.2, 0) is 4.79 Å². The number of Topliss-reactive ketones (excluding diaryl/α,β-unsaturated/α-hetero) is 1. The lowest BCUT2D eigenvalue weighted by Crippen LogP contribution is -2.11. The lowest BCUT2D eigenvalue weighted by atomic mass is 9.96. The Morgan fingerprint density at radius 3 is 2.43 bits per heavy atom. The second-order valence-electron chi connectivity index (χ2n) is 3.67. The Hall–Kier alpha value is -1.15. The molecule has 0 aliphatic heterocycles. The molecule has 0 aliphatic carbocycles. The van der Waals surface area contributed by atoms with Crippen LogP contribution in [0.3, 0.4) is 0 Å². The number of hydrogen-bond acceptors (Lipinski definition) is 2. The van der Waals surface area contributed by atoms with E-state index in [2.05, 4.69) is 0 Å². The van der Waals surface area contributed by atoms with Gasteiger partial charge in [0.1, 0.15) is 5.78 Å². The molecule has 2 heteroatoms. The lowest BCUT2D eigenvalue weighted by molar-refractivity contribution is -0.121. The summed E-state index contributed by atoms with van der Waals surface area (Å²) in [6, 6.07) is 9.42. The van der Waals surface area contributed by atoms with Crippen molar-refractivity contribution in [2.24, 2.45) is 5.92 Å². The molecule has 1 N–H and O–H groups in total. The second-order valence-corrected chi connectivity index (χ2v) is 3.67. The van der Waals surface area contributed by atoms with Crippen LogP contribution in [0.5, 0.6) is 0 Å². The van der Waals surface area contributed by atoms with Crippen molar-refractivity contribution in [3.8, 4) is 0 Å². The molecule has 0 heterocycles. The highest BCUT2D eigenvalue weighted by molar-refractivity contribution is 5.77. The van der Waals surface area contributed by atoms with Gasteiger partial charge in [-0.25, -0.2) is 0 Å². The van der Waals surface area contributed by atoms with E-state index in [1.54, 1.807) is 6.92 Å². The van der Waals surface area contributed by atoms with Gasteiger partial charge in [-0.15, -0.1) is 0 Å². The molecule has 2 atom stereocenters. The van der Waals surface area contributed by atoms with Crippen molar-refractivity contribution >= 4 is 5.78 Å². The van der Waals surface area contributed by atoms with Crippen molar-refractivity contribution in [2.45, 2.75) is 26.4 Å². The Labute approximate surface area is 84.6 Å². The normalized spacial score (nSPS) is 14.8. The molecule has 0 aromatic heterocycles. The molecule has 76 valence electrons. The summed E-state index contributed by atoms with van der Waals surface area (Å²) in [7, 11) is 0. The number of aliphatic hydroxyl groups excluding tert-OH is 1. The average Bonchev–Trinajstić information content (AvgIpc) is 2.19. The van der Waals surface area contributed by atoms with Crippen molar-refractivity contribution in [1.29, 1.82) is 0 Å². The Morgan fingerprint density at radius 1 is 1.36 bits per heavy atom. The van der Waals surface area contributed by atoms with E-state index >= 15 is 0 Å². The van der Waals surface area contributed by atoms with Crippen LogP contribution < -0.4 is 0 Å². The van der Waals surface area contributed by atoms with E-state index in [1.165, 1.54) is 0 Å². The van der Waals surface area contributed by atoms with Gasteiger partial charge in [0.05, 0.1) is 6.10 Å². The predicted octanol–water partition coefficient (Wildman–Crippen LogP) is 2.34. The monoisotopic (exact) mass is 192 g/mol. The molecular weight excluding hydrogens is 176 g/mol. The molecule has 0 amide bonds. The van der Waals surface area contributed by atoms with E-state index in [4.69, 9.17) is 0 Å². The topological polar surface area (TPSA) is 37.3 Å². The molecule has 0 saturated heterocycles. The summed E-state index contributed by atoms with van der Waals surface area (Å²) in [6.07, 6.45) is -0.0330. The van der Waals surface area contributed by atoms with E-state index in [0.717, 1.165) is 5.56 Å². The summed E-state index contributed by atoms with van der Waals surface area (Å²) in [5.41, 5.74) is 0.876. The first-order valence-electron chi connectivity index (χ1n) is 4.84. The maximum atomic E-state index is 11.0. The van der Waals surface area contributed by atoms with Crippen LogP contribution in [0.2, 0.25) is 0 Å². The van der Waals surface area contributed by atoms with Gasteiger partial charge in [0.15, 0.2) is 0 Å². The molecule has 0 radical (unpaired) electrons. The molecule has 14 heavy (non-hydrogen) atoms. The fraction of sp³-hybridized carbons (Fsp3) is 0.417. The van der Waals surface area contributed by atoms with E-state index < -0.39 is 6.10 Å². The number of hydrogen-bond donors (Lipinski definition) is 1. The molecule has 0 fully saturated rings. The van der Waals surface area contributed by atoms with Crippen molar-refractivity contribution in [3.63, 3.8) is 0 Å². The molecule has 0 spiro atoms. The number of aliphatic hydroxyl groups is 1. The van der Waals surface area contributed by atoms with E-state index in [-0.39, 0.29) is 11.7 Å². The minimum Gasteiger partial charge on any atom is -0.388 e. The maximum absolute atomic E-state index is 11.0. The summed E-state index contributed by atoms with van der Waals surface area (Å²) >= 11 is 0. The van der Waals surface area contributed by atoms with Crippen molar-refractivity contribution < 1.29 is 9.90 Å². The number of ketones is 1. The predicted molar refractivity (Wildman–Crippen MR) is 55.9 cm³/mol. The molecule has 0 bridgehead atoms. The molecule has 1 rings (SSSR count). The van der Waals surface area contributed by atoms with Gasteiger partial charge < -0.3 is 5.11 Å². The first kappa shape index (κ1) is 10.9. The first-order chi connectivity index (χ1) is 6.61. The Morgan fingerprint density at radius 2 is 1.93 bits per heavy atom. The minimum absolute atomic E-state index is 0.0785. The summed E-state index contributed by atoms with van der Waals surface area (Å²) in [5, 5.41) is 9.79. The van der Waals surface area contributed by atoms with Gasteiger partial charge in [-0.2, -0.15) is 0 Å². The molecule has 0 aliphatic rings. The third kappa shape index (κ3) is 2.96. The number of carbonyl (C=O) groups excluding carboxylic acids is 1. The van der Waals surface area contributed by atoms with Gasteiger partial charge in [0, 0.05) is 5.92 Å². The van der Waals surface area contributed by atoms with Gasteiger partial charge in [-0.1, -0.05) is 37.3 Å². The van der Waals surface area contributed by atoms with Crippen molar-refractivity contribution in [3.05, 3.63) is 35.9 Å². The van der Waals surface area contributed by atoms with Crippen LogP contribution in [0.25, 0.3) is 0 Å². The molecular formula is C12H16O2. The van der Waals surface area contributed by atoms with Crippen LogP contribution in [0.15, 0.2) is 30.3 Å². The number of carbonyl (C=O) groups is 1. The third-order valence-corrected chi connectivity index (χ3v) is 2.46. The average molecular weight is 192 g/mol. The fourth-order valence-corrected chi connectivity index (χ4v) is 1.31. The highest BCUT2D eigenvalue weighted by Gasteiger charge is 2.14. The van der Waals surface area contributed by atoms with Crippen LogP contribution in [0.4, 0.5) is 0 Å². The maximum Gasteiger partial charge on any atom is 0.132 e. The largest absolute Gasteiger partial charge is 0.388 e. The zero-order valence-electron chi connectivity index (χ0n) is 8.60. The molecule has 1 aromatic rings. The van der Waals surface area contributed by atoms with Crippen molar-refractivity contribution in [1.82, 2.24) is 0 Å². The summed E-state index contributed by atoms with van der Waals surface area (Å²) in [6.45, 7) is 3.40. The second kappa shape index (κ2) is 4.91. The zero-order valence-corrected chi connectivity index (χ0v) is 8.60. The number of benzene rings is 1. The highest BCUT2D eigenvalue weighted by Crippen LogP contribution is 2.20. The molecule has 0 saturated carbocycles. The zero-order chi connectivity index (χ0) is 10.6. The van der Waals surface area contributed by atoms with Crippen LogP contribution >= 0.6 is 0 Å². The van der Waals surface area contributed by atoms with Gasteiger partial charge in [-0.3, -0.25) is 4.79 Å².